The summed E-state index contributed by atoms with van der Waals surface area (Å²) in [5.74, 6) is 0.00286. The van der Waals surface area contributed by atoms with Gasteiger partial charge in [-0.15, -0.1) is 0 Å². The molecule has 0 amide bonds. The molecule has 0 aliphatic carbocycles. The summed E-state index contributed by atoms with van der Waals surface area (Å²) in [4.78, 5) is 6.14. The summed E-state index contributed by atoms with van der Waals surface area (Å²) in [7, 11) is 2.00. The maximum atomic E-state index is 8.86. The fraction of sp³-hybridized carbons (Fsp3) is 0.538. The molecule has 0 bridgehead atoms. The molecule has 4 heteroatoms. The van der Waals surface area contributed by atoms with Gasteiger partial charge in [-0.1, -0.05) is 0 Å². The molecule has 3 atom stereocenters. The Labute approximate surface area is 103 Å². The standard InChI is InChI=1S/C13H20N4/c1-10(8-14)9-17(3)13(11(2)15)12-4-6-16-7-5-12/h4-7,10-11,13H,9,15H2,1-3H3. The Balaban J connectivity index is 2.84. The monoisotopic (exact) mass is 232 g/mol. The van der Waals surface area contributed by atoms with Gasteiger partial charge in [0, 0.05) is 31.0 Å². The molecule has 92 valence electrons. The minimum Gasteiger partial charge on any atom is -0.326 e. The Morgan fingerprint density at radius 1 is 1.41 bits per heavy atom. The van der Waals surface area contributed by atoms with E-state index in [1.54, 1.807) is 12.4 Å². The highest BCUT2D eigenvalue weighted by Crippen LogP contribution is 2.22. The van der Waals surface area contributed by atoms with Crippen molar-refractivity contribution in [3.8, 4) is 6.07 Å². The van der Waals surface area contributed by atoms with Gasteiger partial charge in [-0.3, -0.25) is 9.88 Å². The molecule has 0 aliphatic rings. The van der Waals surface area contributed by atoms with Gasteiger partial charge in [-0.05, 0) is 38.6 Å². The fourth-order valence-corrected chi connectivity index (χ4v) is 2.11. The SMILES string of the molecule is CC(C#N)CN(C)C(c1ccncc1)C(C)N. The number of nitriles is 1. The van der Waals surface area contributed by atoms with Crippen LogP contribution in [0.15, 0.2) is 24.5 Å². The number of nitrogens with zero attached hydrogens (tertiary/aromatic N) is 3. The number of hydrogen-bond donors (Lipinski definition) is 1. The van der Waals surface area contributed by atoms with Gasteiger partial charge in [0.2, 0.25) is 0 Å². The molecule has 17 heavy (non-hydrogen) atoms. The van der Waals surface area contributed by atoms with E-state index >= 15 is 0 Å². The van der Waals surface area contributed by atoms with E-state index in [0.717, 1.165) is 5.56 Å². The third kappa shape index (κ3) is 3.81. The van der Waals surface area contributed by atoms with E-state index in [1.165, 1.54) is 0 Å². The molecule has 0 aromatic carbocycles. The van der Waals surface area contributed by atoms with E-state index in [2.05, 4.69) is 16.0 Å². The van der Waals surface area contributed by atoms with Crippen LogP contribution in [-0.4, -0.2) is 29.5 Å². The summed E-state index contributed by atoms with van der Waals surface area (Å²) in [6.45, 7) is 4.62. The normalized spacial score (nSPS) is 16.2. The summed E-state index contributed by atoms with van der Waals surface area (Å²) >= 11 is 0. The van der Waals surface area contributed by atoms with Crippen molar-refractivity contribution < 1.29 is 0 Å². The molecule has 0 aliphatic heterocycles. The van der Waals surface area contributed by atoms with Gasteiger partial charge in [-0.25, -0.2) is 0 Å². The maximum Gasteiger partial charge on any atom is 0.0666 e. The first-order valence-electron chi connectivity index (χ1n) is 5.81. The van der Waals surface area contributed by atoms with Crippen molar-refractivity contribution in [1.82, 2.24) is 9.88 Å². The summed E-state index contributed by atoms with van der Waals surface area (Å²) in [6, 6.07) is 6.32. The molecule has 4 nitrogen and oxygen atoms in total. The van der Waals surface area contributed by atoms with Crippen LogP contribution >= 0.6 is 0 Å². The smallest absolute Gasteiger partial charge is 0.0666 e. The lowest BCUT2D eigenvalue weighted by Crippen LogP contribution is -2.39. The molecule has 0 fully saturated rings. The molecule has 1 aromatic rings. The van der Waals surface area contributed by atoms with Crippen molar-refractivity contribution in [2.24, 2.45) is 11.7 Å². The molecule has 0 spiro atoms. The van der Waals surface area contributed by atoms with Crippen LogP contribution in [0.5, 0.6) is 0 Å². The van der Waals surface area contributed by atoms with Gasteiger partial charge in [0.05, 0.1) is 12.0 Å². The van der Waals surface area contributed by atoms with Crippen LogP contribution < -0.4 is 5.73 Å². The van der Waals surface area contributed by atoms with Gasteiger partial charge in [-0.2, -0.15) is 5.26 Å². The first-order valence-corrected chi connectivity index (χ1v) is 5.81. The largest absolute Gasteiger partial charge is 0.326 e. The zero-order valence-electron chi connectivity index (χ0n) is 10.7. The first kappa shape index (κ1) is 13.6. The Morgan fingerprint density at radius 3 is 2.47 bits per heavy atom. The highest BCUT2D eigenvalue weighted by molar-refractivity contribution is 5.17. The first-order chi connectivity index (χ1) is 8.06. The summed E-state index contributed by atoms with van der Waals surface area (Å²) < 4.78 is 0. The second kappa shape index (κ2) is 6.33. The third-order valence-corrected chi connectivity index (χ3v) is 2.80. The maximum absolute atomic E-state index is 8.86. The molecule has 1 rings (SSSR count). The lowest BCUT2D eigenvalue weighted by atomic mass is 10.00. The lowest BCUT2D eigenvalue weighted by molar-refractivity contribution is 0.205. The number of aromatic nitrogens is 1. The van der Waals surface area contributed by atoms with E-state index in [-0.39, 0.29) is 18.0 Å². The molecule has 0 radical (unpaired) electrons. The summed E-state index contributed by atoms with van der Waals surface area (Å²) in [5.41, 5.74) is 7.18. The van der Waals surface area contributed by atoms with Crippen molar-refractivity contribution in [1.29, 1.82) is 5.26 Å². The Hall–Kier alpha value is -1.44. The van der Waals surface area contributed by atoms with E-state index in [4.69, 9.17) is 11.0 Å². The predicted octanol–water partition coefficient (Wildman–Crippen LogP) is 1.56. The van der Waals surface area contributed by atoms with E-state index in [0.29, 0.717) is 6.54 Å². The van der Waals surface area contributed by atoms with Crippen molar-refractivity contribution in [3.05, 3.63) is 30.1 Å². The molecule has 3 unspecified atom stereocenters. The number of hydrogen-bond acceptors (Lipinski definition) is 4. The molecule has 2 N–H and O–H groups in total. The van der Waals surface area contributed by atoms with Crippen LogP contribution in [0.4, 0.5) is 0 Å². The van der Waals surface area contributed by atoms with Gasteiger partial charge >= 0.3 is 0 Å². The van der Waals surface area contributed by atoms with Gasteiger partial charge in [0.15, 0.2) is 0 Å². The van der Waals surface area contributed by atoms with E-state index in [1.807, 2.05) is 33.0 Å². The van der Waals surface area contributed by atoms with E-state index < -0.39 is 0 Å². The van der Waals surface area contributed by atoms with Gasteiger partial charge in [0.25, 0.3) is 0 Å². The van der Waals surface area contributed by atoms with Crippen LogP contribution in [0.2, 0.25) is 0 Å². The quantitative estimate of drug-likeness (QED) is 0.836. The van der Waals surface area contributed by atoms with Crippen LogP contribution in [0, 0.1) is 17.2 Å². The summed E-state index contributed by atoms with van der Waals surface area (Å²) in [6.07, 6.45) is 3.54. The fourth-order valence-electron chi connectivity index (χ4n) is 2.11. The van der Waals surface area contributed by atoms with Gasteiger partial charge < -0.3 is 5.73 Å². The van der Waals surface area contributed by atoms with Crippen molar-refractivity contribution in [2.45, 2.75) is 25.9 Å². The lowest BCUT2D eigenvalue weighted by Gasteiger charge is -2.32. The zero-order valence-corrected chi connectivity index (χ0v) is 10.7. The van der Waals surface area contributed by atoms with Crippen LogP contribution in [0.3, 0.4) is 0 Å². The zero-order chi connectivity index (χ0) is 12.8. The third-order valence-electron chi connectivity index (χ3n) is 2.80. The predicted molar refractivity (Wildman–Crippen MR) is 68.0 cm³/mol. The molecular weight excluding hydrogens is 212 g/mol. The highest BCUT2D eigenvalue weighted by atomic mass is 15.1. The Bertz CT molecular complexity index is 369. The molecule has 1 heterocycles. The van der Waals surface area contributed by atoms with Gasteiger partial charge in [0.1, 0.15) is 0 Å². The summed E-state index contributed by atoms with van der Waals surface area (Å²) in [5, 5.41) is 8.86. The minimum absolute atomic E-state index is 0.00286. The van der Waals surface area contributed by atoms with Crippen LogP contribution in [-0.2, 0) is 0 Å². The Morgan fingerprint density at radius 2 is 2.00 bits per heavy atom. The van der Waals surface area contributed by atoms with Crippen LogP contribution in [0.25, 0.3) is 0 Å². The number of pyridine rings is 1. The highest BCUT2D eigenvalue weighted by Gasteiger charge is 2.22. The molecule has 0 saturated carbocycles. The van der Waals surface area contributed by atoms with Crippen molar-refractivity contribution in [2.75, 3.05) is 13.6 Å². The molecule has 0 saturated heterocycles. The van der Waals surface area contributed by atoms with Crippen LogP contribution in [0.1, 0.15) is 25.5 Å². The number of likely N-dealkylation sites (N-methyl/N-ethyl adjacent to an activating group) is 1. The average Bonchev–Trinajstić information content (AvgIpc) is 2.29. The second-order valence-corrected chi connectivity index (χ2v) is 4.55. The molecular formula is C13H20N4. The van der Waals surface area contributed by atoms with Crippen molar-refractivity contribution >= 4 is 0 Å². The second-order valence-electron chi connectivity index (χ2n) is 4.55. The topological polar surface area (TPSA) is 65.9 Å². The number of rotatable bonds is 5. The van der Waals surface area contributed by atoms with E-state index in [9.17, 15) is 0 Å². The minimum atomic E-state index is 0.00286. The molecule has 1 aromatic heterocycles. The van der Waals surface area contributed by atoms with Crippen molar-refractivity contribution in [3.63, 3.8) is 0 Å². The average molecular weight is 232 g/mol. The Kier molecular flexibility index (Phi) is 5.08. The number of nitrogens with two attached hydrogens (primary N) is 1.